The first kappa shape index (κ1) is 19.2. The number of carbonyl (C=O) groups excluding carboxylic acids is 2. The van der Waals surface area contributed by atoms with Crippen LogP contribution in [0.3, 0.4) is 0 Å². The van der Waals surface area contributed by atoms with E-state index in [0.717, 1.165) is 14.2 Å². The van der Waals surface area contributed by atoms with E-state index in [1.165, 1.54) is 0 Å². The van der Waals surface area contributed by atoms with E-state index < -0.39 is 51.9 Å². The molecule has 0 saturated heterocycles. The molecular formula is C14H13ClF4N2O4. The highest BCUT2D eigenvalue weighted by atomic mass is 35.5. The molecule has 0 bridgehead atoms. The SMILES string of the molecule is COC(=O)c1c(C(F)F)nc(C(F)(F)Cl)c(C(=O)OC)c1NC1CC1. The topological polar surface area (TPSA) is 77.5 Å². The second-order valence-corrected chi connectivity index (χ2v) is 5.65. The van der Waals surface area contributed by atoms with Crippen LogP contribution in [0.5, 0.6) is 0 Å². The fraction of sp³-hybridized carbons (Fsp3) is 0.500. The minimum atomic E-state index is -4.25. The van der Waals surface area contributed by atoms with Crippen LogP contribution in [0.2, 0.25) is 0 Å². The lowest BCUT2D eigenvalue weighted by Gasteiger charge is -2.21. The van der Waals surface area contributed by atoms with Crippen molar-refractivity contribution in [2.24, 2.45) is 0 Å². The van der Waals surface area contributed by atoms with Crippen LogP contribution in [0.1, 0.15) is 51.4 Å². The summed E-state index contributed by atoms with van der Waals surface area (Å²) in [5.74, 6) is -2.57. The molecule has 11 heteroatoms. The second-order valence-electron chi connectivity index (χ2n) is 5.17. The Hall–Kier alpha value is -2.10. The fourth-order valence-electron chi connectivity index (χ4n) is 2.15. The number of esters is 2. The number of nitrogens with one attached hydrogen (secondary N) is 1. The van der Waals surface area contributed by atoms with Crippen molar-refractivity contribution in [3.05, 3.63) is 22.5 Å². The van der Waals surface area contributed by atoms with Crippen molar-refractivity contribution in [1.82, 2.24) is 4.98 Å². The second kappa shape index (κ2) is 7.03. The van der Waals surface area contributed by atoms with Crippen molar-refractivity contribution < 1.29 is 36.6 Å². The number of alkyl halides is 5. The summed E-state index contributed by atoms with van der Waals surface area (Å²) in [4.78, 5) is 27.1. The number of halogens is 5. The lowest BCUT2D eigenvalue weighted by molar-refractivity contribution is 0.0553. The average molecular weight is 385 g/mol. The molecule has 1 aliphatic rings. The van der Waals surface area contributed by atoms with Gasteiger partial charge in [0.05, 0.1) is 19.9 Å². The first-order valence-corrected chi connectivity index (χ1v) is 7.36. The summed E-state index contributed by atoms with van der Waals surface area (Å²) in [7, 11) is 1.82. The Balaban J connectivity index is 2.89. The Labute approximate surface area is 144 Å². The molecule has 1 aliphatic carbocycles. The number of hydrogen-bond acceptors (Lipinski definition) is 6. The van der Waals surface area contributed by atoms with E-state index in [-0.39, 0.29) is 6.04 Å². The maximum Gasteiger partial charge on any atom is 0.365 e. The summed E-state index contributed by atoms with van der Waals surface area (Å²) in [5, 5.41) is -1.62. The number of pyridine rings is 1. The van der Waals surface area contributed by atoms with Gasteiger partial charge < -0.3 is 14.8 Å². The van der Waals surface area contributed by atoms with E-state index in [0.29, 0.717) is 12.8 Å². The van der Waals surface area contributed by atoms with Crippen LogP contribution in [0, 0.1) is 0 Å². The van der Waals surface area contributed by atoms with Crippen LogP contribution in [-0.4, -0.2) is 37.2 Å². The van der Waals surface area contributed by atoms with E-state index in [9.17, 15) is 27.2 Å². The number of methoxy groups -OCH3 is 2. The lowest BCUT2D eigenvalue weighted by Crippen LogP contribution is -2.24. The predicted octanol–water partition coefficient (Wildman–Crippen LogP) is 3.45. The molecule has 0 amide bonds. The third-order valence-corrected chi connectivity index (χ3v) is 3.58. The van der Waals surface area contributed by atoms with Gasteiger partial charge in [-0.3, -0.25) is 0 Å². The zero-order valence-corrected chi connectivity index (χ0v) is 13.8. The maximum absolute atomic E-state index is 13.7. The molecule has 1 heterocycles. The van der Waals surface area contributed by atoms with Gasteiger partial charge in [0.25, 0.3) is 6.43 Å². The van der Waals surface area contributed by atoms with Crippen LogP contribution >= 0.6 is 11.6 Å². The zero-order chi connectivity index (χ0) is 18.9. The molecular weight excluding hydrogens is 372 g/mol. The van der Waals surface area contributed by atoms with Gasteiger partial charge in [-0.05, 0) is 24.4 Å². The van der Waals surface area contributed by atoms with E-state index >= 15 is 0 Å². The van der Waals surface area contributed by atoms with E-state index in [2.05, 4.69) is 19.8 Å². The van der Waals surface area contributed by atoms with Crippen molar-refractivity contribution in [2.75, 3.05) is 19.5 Å². The van der Waals surface area contributed by atoms with Gasteiger partial charge in [0, 0.05) is 6.04 Å². The highest BCUT2D eigenvalue weighted by Crippen LogP contribution is 2.42. The van der Waals surface area contributed by atoms with E-state index in [1.54, 1.807) is 0 Å². The minimum Gasteiger partial charge on any atom is -0.465 e. The van der Waals surface area contributed by atoms with Crippen molar-refractivity contribution >= 4 is 29.2 Å². The van der Waals surface area contributed by atoms with Crippen LogP contribution in [0.25, 0.3) is 0 Å². The van der Waals surface area contributed by atoms with Crippen LogP contribution in [0.4, 0.5) is 23.2 Å². The molecule has 1 N–H and O–H groups in total. The molecule has 0 aliphatic heterocycles. The first-order chi connectivity index (χ1) is 11.6. The van der Waals surface area contributed by atoms with Crippen molar-refractivity contribution in [3.8, 4) is 0 Å². The Morgan fingerprint density at radius 2 is 1.72 bits per heavy atom. The molecule has 1 aromatic heterocycles. The van der Waals surface area contributed by atoms with Gasteiger partial charge in [0.2, 0.25) is 0 Å². The maximum atomic E-state index is 13.7. The largest absolute Gasteiger partial charge is 0.465 e. The Kier molecular flexibility index (Phi) is 5.40. The number of ether oxygens (including phenoxy) is 2. The van der Waals surface area contributed by atoms with Gasteiger partial charge in [0.15, 0.2) is 0 Å². The van der Waals surface area contributed by atoms with Gasteiger partial charge in [-0.15, -0.1) is 0 Å². The van der Waals surface area contributed by atoms with E-state index in [4.69, 9.17) is 11.6 Å². The van der Waals surface area contributed by atoms with Crippen LogP contribution < -0.4 is 5.32 Å². The van der Waals surface area contributed by atoms with Gasteiger partial charge in [0.1, 0.15) is 22.5 Å². The number of hydrogen-bond donors (Lipinski definition) is 1. The molecule has 0 unspecified atom stereocenters. The van der Waals surface area contributed by atoms with Gasteiger partial charge >= 0.3 is 17.3 Å². The average Bonchev–Trinajstić information content (AvgIpc) is 3.35. The molecule has 25 heavy (non-hydrogen) atoms. The molecule has 1 saturated carbocycles. The predicted molar refractivity (Wildman–Crippen MR) is 78.3 cm³/mol. The summed E-state index contributed by atoms with van der Waals surface area (Å²) in [5.41, 5.74) is -4.94. The molecule has 0 radical (unpaired) electrons. The van der Waals surface area contributed by atoms with Gasteiger partial charge in [-0.1, -0.05) is 0 Å². The Morgan fingerprint density at radius 1 is 1.20 bits per heavy atom. The molecule has 6 nitrogen and oxygen atoms in total. The molecule has 1 fully saturated rings. The Bertz CT molecular complexity index is 705. The monoisotopic (exact) mass is 384 g/mol. The molecule has 2 rings (SSSR count). The van der Waals surface area contributed by atoms with Crippen molar-refractivity contribution in [3.63, 3.8) is 0 Å². The fourth-order valence-corrected chi connectivity index (χ4v) is 2.29. The number of carbonyl (C=O) groups is 2. The minimum absolute atomic E-state index is 0.281. The highest BCUT2D eigenvalue weighted by molar-refractivity contribution is 6.22. The van der Waals surface area contributed by atoms with Gasteiger partial charge in [-0.25, -0.2) is 23.4 Å². The normalized spacial score (nSPS) is 14.4. The van der Waals surface area contributed by atoms with Gasteiger partial charge in [-0.2, -0.15) is 8.78 Å². The van der Waals surface area contributed by atoms with E-state index in [1.807, 2.05) is 0 Å². The number of aromatic nitrogens is 1. The summed E-state index contributed by atoms with van der Waals surface area (Å²) in [6, 6.07) is -0.281. The molecule has 1 aromatic rings. The number of anilines is 1. The standard InChI is InChI=1S/C14H13ClF4N2O4/c1-24-12(22)6-8(20-5-3-4-5)7(13(23)25-2)10(14(15,18)19)21-9(6)11(16)17/h5,11H,3-4H2,1-2H3,(H,20,21). The molecule has 0 atom stereocenters. The van der Waals surface area contributed by atoms with Crippen LogP contribution in [0.15, 0.2) is 0 Å². The molecule has 138 valence electrons. The quantitative estimate of drug-likeness (QED) is 0.460. The summed E-state index contributed by atoms with van der Waals surface area (Å²) in [6.07, 6.45) is -2.20. The van der Waals surface area contributed by atoms with Crippen LogP contribution in [-0.2, 0) is 14.9 Å². The molecule has 0 spiro atoms. The number of rotatable bonds is 6. The third-order valence-electron chi connectivity index (χ3n) is 3.41. The number of nitrogens with zero attached hydrogens (tertiary/aromatic N) is 1. The summed E-state index contributed by atoms with van der Waals surface area (Å²) >= 11 is 4.94. The smallest absolute Gasteiger partial charge is 0.365 e. The Morgan fingerprint density at radius 3 is 2.12 bits per heavy atom. The lowest BCUT2D eigenvalue weighted by atomic mass is 10.0. The third kappa shape index (κ3) is 3.94. The summed E-state index contributed by atoms with van der Waals surface area (Å²) in [6.45, 7) is 0. The first-order valence-electron chi connectivity index (χ1n) is 6.98. The zero-order valence-electron chi connectivity index (χ0n) is 13.0. The van der Waals surface area contributed by atoms with Crippen molar-refractivity contribution in [2.45, 2.75) is 30.7 Å². The molecule has 0 aromatic carbocycles. The summed E-state index contributed by atoms with van der Waals surface area (Å²) < 4.78 is 63.0. The highest BCUT2D eigenvalue weighted by Gasteiger charge is 2.42. The van der Waals surface area contributed by atoms with Crippen molar-refractivity contribution in [1.29, 1.82) is 0 Å².